The van der Waals surface area contributed by atoms with Crippen molar-refractivity contribution in [2.45, 2.75) is 32.3 Å². The van der Waals surface area contributed by atoms with Gasteiger partial charge in [0.15, 0.2) is 6.10 Å². The summed E-state index contributed by atoms with van der Waals surface area (Å²) in [5.74, 6) is 0.0218. The van der Waals surface area contributed by atoms with Gasteiger partial charge in [0.1, 0.15) is 17.3 Å². The van der Waals surface area contributed by atoms with Crippen LogP contribution in [0, 0.1) is 5.82 Å². The zero-order valence-electron chi connectivity index (χ0n) is 15.5. The molecule has 0 radical (unpaired) electrons. The molecule has 1 atom stereocenters. The second-order valence-corrected chi connectivity index (χ2v) is 6.16. The monoisotopic (exact) mass is 375 g/mol. The molecule has 0 aliphatic rings. The van der Waals surface area contributed by atoms with Crippen LogP contribution in [0.2, 0.25) is 0 Å². The van der Waals surface area contributed by atoms with E-state index in [1.165, 1.54) is 12.1 Å². The maximum Gasteiger partial charge on any atom is 0.344 e. The third-order valence-electron chi connectivity index (χ3n) is 3.99. The predicted molar refractivity (Wildman–Crippen MR) is 102 cm³/mol. The van der Waals surface area contributed by atoms with Crippen LogP contribution in [0.25, 0.3) is 0 Å². The lowest BCUT2D eigenvalue weighted by atomic mass is 10.1. The number of carbonyl (C=O) groups is 1. The van der Waals surface area contributed by atoms with Crippen molar-refractivity contribution in [3.8, 4) is 11.5 Å². The van der Waals surface area contributed by atoms with Crippen molar-refractivity contribution in [3.05, 3.63) is 59.9 Å². The highest BCUT2D eigenvalue weighted by atomic mass is 19.1. The molecule has 0 aromatic heterocycles. The average molecular weight is 375 g/mol. The van der Waals surface area contributed by atoms with Crippen molar-refractivity contribution in [2.24, 2.45) is 0 Å². The first-order chi connectivity index (χ1) is 13.1. The standard InChI is InChI=1S/C21H26FNO4/c1-2-20(21(24)25)27-19-6-3-5-16(15-19)11-13-23-12-4-14-26-18-9-7-17(22)8-10-18/h3,5-10,15,20,23H,2,4,11-14H2,1H3,(H,24,25). The Bertz CT molecular complexity index is 706. The molecule has 0 spiro atoms. The molecule has 2 aromatic rings. The second kappa shape index (κ2) is 11.2. The van der Waals surface area contributed by atoms with Crippen molar-refractivity contribution in [1.82, 2.24) is 5.32 Å². The Labute approximate surface area is 159 Å². The molecular formula is C21H26FNO4. The topological polar surface area (TPSA) is 67.8 Å². The van der Waals surface area contributed by atoms with Gasteiger partial charge < -0.3 is 19.9 Å². The summed E-state index contributed by atoms with van der Waals surface area (Å²) in [4.78, 5) is 11.1. The van der Waals surface area contributed by atoms with E-state index in [2.05, 4.69) is 5.32 Å². The molecule has 1 unspecified atom stereocenters. The molecule has 0 fully saturated rings. The van der Waals surface area contributed by atoms with Crippen LogP contribution in [-0.2, 0) is 11.2 Å². The van der Waals surface area contributed by atoms with E-state index in [1.54, 1.807) is 25.1 Å². The lowest BCUT2D eigenvalue weighted by molar-refractivity contribution is -0.145. The highest BCUT2D eigenvalue weighted by Crippen LogP contribution is 2.16. The number of nitrogens with one attached hydrogen (secondary N) is 1. The summed E-state index contributed by atoms with van der Waals surface area (Å²) in [6.45, 7) is 3.96. The minimum Gasteiger partial charge on any atom is -0.494 e. The van der Waals surface area contributed by atoms with Crippen molar-refractivity contribution in [2.75, 3.05) is 19.7 Å². The lowest BCUT2D eigenvalue weighted by Gasteiger charge is -2.14. The van der Waals surface area contributed by atoms with Gasteiger partial charge in [0.25, 0.3) is 0 Å². The SMILES string of the molecule is CCC(Oc1cccc(CCNCCCOc2ccc(F)cc2)c1)C(=O)O. The number of rotatable bonds is 12. The number of hydrogen-bond acceptors (Lipinski definition) is 4. The normalized spacial score (nSPS) is 11.8. The number of carboxylic acids is 1. The molecule has 0 saturated heterocycles. The zero-order chi connectivity index (χ0) is 19.5. The Kier molecular flexibility index (Phi) is 8.58. The number of benzene rings is 2. The molecule has 6 heteroatoms. The van der Waals surface area contributed by atoms with E-state index in [0.717, 1.165) is 31.5 Å². The van der Waals surface area contributed by atoms with Gasteiger partial charge in [-0.25, -0.2) is 9.18 Å². The molecule has 0 bridgehead atoms. The zero-order valence-corrected chi connectivity index (χ0v) is 15.5. The molecule has 27 heavy (non-hydrogen) atoms. The summed E-state index contributed by atoms with van der Waals surface area (Å²) in [5.41, 5.74) is 1.09. The molecule has 0 heterocycles. The fourth-order valence-electron chi connectivity index (χ4n) is 2.52. The fourth-order valence-corrected chi connectivity index (χ4v) is 2.52. The molecule has 2 N–H and O–H groups in total. The minimum atomic E-state index is -0.951. The van der Waals surface area contributed by atoms with Crippen LogP contribution in [0.5, 0.6) is 11.5 Å². The van der Waals surface area contributed by atoms with Gasteiger partial charge in [-0.2, -0.15) is 0 Å². The molecule has 2 rings (SSSR count). The predicted octanol–water partition coefficient (Wildman–Crippen LogP) is 3.67. The Morgan fingerprint density at radius 1 is 1.15 bits per heavy atom. The van der Waals surface area contributed by atoms with E-state index < -0.39 is 12.1 Å². The van der Waals surface area contributed by atoms with Crippen molar-refractivity contribution in [1.29, 1.82) is 0 Å². The molecular weight excluding hydrogens is 349 g/mol. The van der Waals surface area contributed by atoms with Gasteiger partial charge in [-0.1, -0.05) is 19.1 Å². The van der Waals surface area contributed by atoms with Gasteiger partial charge >= 0.3 is 5.97 Å². The Hall–Kier alpha value is -2.60. The first kappa shape index (κ1) is 20.7. The highest BCUT2D eigenvalue weighted by molar-refractivity contribution is 5.72. The third-order valence-corrected chi connectivity index (χ3v) is 3.99. The Morgan fingerprint density at radius 3 is 2.63 bits per heavy atom. The number of halogens is 1. The van der Waals surface area contributed by atoms with Crippen LogP contribution in [0.3, 0.4) is 0 Å². The number of carboxylic acid groups (broad SMARTS) is 1. The van der Waals surface area contributed by atoms with Crippen molar-refractivity contribution in [3.63, 3.8) is 0 Å². The molecule has 5 nitrogen and oxygen atoms in total. The Morgan fingerprint density at radius 2 is 1.93 bits per heavy atom. The van der Waals surface area contributed by atoms with Crippen molar-refractivity contribution >= 4 is 5.97 Å². The summed E-state index contributed by atoms with van der Waals surface area (Å²) in [6.07, 6.45) is 1.26. The van der Waals surface area contributed by atoms with Gasteiger partial charge in [-0.15, -0.1) is 0 Å². The van der Waals surface area contributed by atoms with E-state index in [-0.39, 0.29) is 5.82 Å². The van der Waals surface area contributed by atoms with Gasteiger partial charge in [-0.3, -0.25) is 0 Å². The molecule has 0 saturated carbocycles. The molecule has 146 valence electrons. The van der Waals surface area contributed by atoms with Gasteiger partial charge in [-0.05, 0) is 74.3 Å². The summed E-state index contributed by atoms with van der Waals surface area (Å²) < 4.78 is 23.8. The summed E-state index contributed by atoms with van der Waals surface area (Å²) in [7, 11) is 0. The first-order valence-electron chi connectivity index (χ1n) is 9.16. The molecule has 2 aromatic carbocycles. The summed E-state index contributed by atoms with van der Waals surface area (Å²) in [5, 5.41) is 12.4. The first-order valence-corrected chi connectivity index (χ1v) is 9.16. The average Bonchev–Trinajstić information content (AvgIpc) is 2.67. The van der Waals surface area contributed by atoms with Gasteiger partial charge in [0, 0.05) is 0 Å². The molecule has 0 aliphatic heterocycles. The quantitative estimate of drug-likeness (QED) is 0.554. The summed E-state index contributed by atoms with van der Waals surface area (Å²) >= 11 is 0. The summed E-state index contributed by atoms with van der Waals surface area (Å²) in [6, 6.07) is 13.5. The highest BCUT2D eigenvalue weighted by Gasteiger charge is 2.16. The van der Waals surface area contributed by atoms with Crippen LogP contribution in [-0.4, -0.2) is 36.9 Å². The second-order valence-electron chi connectivity index (χ2n) is 6.16. The lowest BCUT2D eigenvalue weighted by Crippen LogP contribution is -2.26. The maximum atomic E-state index is 12.8. The minimum absolute atomic E-state index is 0.272. The van der Waals surface area contributed by atoms with Crippen molar-refractivity contribution < 1.29 is 23.8 Å². The third kappa shape index (κ3) is 7.66. The van der Waals surface area contributed by atoms with E-state index >= 15 is 0 Å². The van der Waals surface area contributed by atoms with Gasteiger partial charge in [0.05, 0.1) is 6.61 Å². The maximum absolute atomic E-state index is 12.8. The van der Waals surface area contributed by atoms with E-state index in [4.69, 9.17) is 14.6 Å². The van der Waals surface area contributed by atoms with E-state index in [0.29, 0.717) is 24.5 Å². The number of ether oxygens (including phenoxy) is 2. The molecule has 0 amide bonds. The van der Waals surface area contributed by atoms with Crippen LogP contribution in [0.4, 0.5) is 4.39 Å². The Balaban J connectivity index is 1.63. The van der Waals surface area contributed by atoms with Crippen LogP contribution in [0.1, 0.15) is 25.3 Å². The van der Waals surface area contributed by atoms with Crippen LogP contribution < -0.4 is 14.8 Å². The number of hydrogen-bond donors (Lipinski definition) is 2. The smallest absolute Gasteiger partial charge is 0.344 e. The van der Waals surface area contributed by atoms with E-state index in [9.17, 15) is 9.18 Å². The number of aliphatic carboxylic acids is 1. The molecule has 0 aliphatic carbocycles. The fraction of sp³-hybridized carbons (Fsp3) is 0.381. The largest absolute Gasteiger partial charge is 0.494 e. The van der Waals surface area contributed by atoms with Gasteiger partial charge in [0.2, 0.25) is 0 Å². The van der Waals surface area contributed by atoms with Crippen LogP contribution in [0.15, 0.2) is 48.5 Å². The van der Waals surface area contributed by atoms with Crippen LogP contribution >= 0.6 is 0 Å². The van der Waals surface area contributed by atoms with E-state index in [1.807, 2.05) is 18.2 Å².